The summed E-state index contributed by atoms with van der Waals surface area (Å²) in [5.41, 5.74) is 8.79. The first kappa shape index (κ1) is 12.0. The van der Waals surface area contributed by atoms with Gasteiger partial charge in [-0.05, 0) is 32.2 Å². The monoisotopic (exact) mass is 273 g/mol. The summed E-state index contributed by atoms with van der Waals surface area (Å²) >= 11 is 0. The molecule has 20 heavy (non-hydrogen) atoms. The molecule has 1 atom stereocenters. The van der Waals surface area contributed by atoms with Crippen molar-refractivity contribution in [2.24, 2.45) is 0 Å². The van der Waals surface area contributed by atoms with Gasteiger partial charge in [0, 0.05) is 24.7 Å². The van der Waals surface area contributed by atoms with Crippen molar-refractivity contribution in [2.75, 3.05) is 30.8 Å². The van der Waals surface area contributed by atoms with Gasteiger partial charge in [-0.3, -0.25) is 0 Å². The standard InChI is InChI=1S/C14H19N5O/c1-16-9-4-5-19(6-9)13-12-11(17-14(15)18-13)10(7-20-12)8-2-3-8/h7-9,16H,2-6H2,1H3,(H2,15,17,18)/t9-/m1/s1. The third kappa shape index (κ3) is 1.83. The lowest BCUT2D eigenvalue weighted by atomic mass is 10.2. The predicted molar refractivity (Wildman–Crippen MR) is 77.9 cm³/mol. The first-order valence-corrected chi connectivity index (χ1v) is 7.23. The van der Waals surface area contributed by atoms with Crippen molar-refractivity contribution in [2.45, 2.75) is 31.2 Å². The normalized spacial score (nSPS) is 22.9. The molecule has 1 aliphatic heterocycles. The summed E-state index contributed by atoms with van der Waals surface area (Å²) in [7, 11) is 2.00. The second kappa shape index (κ2) is 4.34. The number of hydrogen-bond donors (Lipinski definition) is 2. The number of fused-ring (bicyclic) bond motifs is 1. The molecule has 1 saturated carbocycles. The van der Waals surface area contributed by atoms with Crippen LogP contribution in [0.2, 0.25) is 0 Å². The molecule has 1 aliphatic carbocycles. The number of rotatable bonds is 3. The molecule has 106 valence electrons. The average Bonchev–Trinajstić information content (AvgIpc) is 3.03. The van der Waals surface area contributed by atoms with Crippen molar-refractivity contribution in [1.29, 1.82) is 0 Å². The number of likely N-dealkylation sites (N-methyl/N-ethyl adjacent to an activating group) is 1. The summed E-state index contributed by atoms with van der Waals surface area (Å²) in [4.78, 5) is 11.1. The van der Waals surface area contributed by atoms with Crippen LogP contribution in [0.3, 0.4) is 0 Å². The van der Waals surface area contributed by atoms with Gasteiger partial charge in [-0.15, -0.1) is 0 Å². The number of hydrogen-bond acceptors (Lipinski definition) is 6. The molecular formula is C14H19N5O. The Hall–Kier alpha value is -1.82. The van der Waals surface area contributed by atoms with Crippen LogP contribution in [0.25, 0.3) is 11.1 Å². The van der Waals surface area contributed by atoms with E-state index < -0.39 is 0 Å². The first-order chi connectivity index (χ1) is 9.76. The maximum Gasteiger partial charge on any atom is 0.222 e. The molecule has 1 saturated heterocycles. The van der Waals surface area contributed by atoms with Gasteiger partial charge in [-0.1, -0.05) is 0 Å². The fourth-order valence-electron chi connectivity index (χ4n) is 3.02. The molecule has 2 aromatic heterocycles. The van der Waals surface area contributed by atoms with E-state index in [1.165, 1.54) is 18.4 Å². The van der Waals surface area contributed by atoms with Crippen LogP contribution in [-0.2, 0) is 0 Å². The highest BCUT2D eigenvalue weighted by atomic mass is 16.3. The van der Waals surface area contributed by atoms with E-state index in [1.807, 2.05) is 13.3 Å². The van der Waals surface area contributed by atoms with Crippen LogP contribution in [0.1, 0.15) is 30.7 Å². The van der Waals surface area contributed by atoms with E-state index in [1.54, 1.807) is 0 Å². The molecule has 3 heterocycles. The lowest BCUT2D eigenvalue weighted by Crippen LogP contribution is -2.30. The first-order valence-electron chi connectivity index (χ1n) is 7.23. The maximum absolute atomic E-state index is 5.90. The van der Waals surface area contributed by atoms with Gasteiger partial charge in [0.25, 0.3) is 0 Å². The summed E-state index contributed by atoms with van der Waals surface area (Å²) in [5.74, 6) is 1.78. The Kier molecular flexibility index (Phi) is 2.60. The highest BCUT2D eigenvalue weighted by molar-refractivity contribution is 5.88. The van der Waals surface area contributed by atoms with Crippen LogP contribution in [0.5, 0.6) is 0 Å². The smallest absolute Gasteiger partial charge is 0.222 e. The summed E-state index contributed by atoms with van der Waals surface area (Å²) in [6.07, 6.45) is 5.39. The predicted octanol–water partition coefficient (Wildman–Crippen LogP) is 1.48. The zero-order valence-corrected chi connectivity index (χ0v) is 11.6. The lowest BCUT2D eigenvalue weighted by Gasteiger charge is -2.17. The van der Waals surface area contributed by atoms with Gasteiger partial charge in [-0.25, -0.2) is 4.98 Å². The van der Waals surface area contributed by atoms with E-state index in [2.05, 4.69) is 20.2 Å². The third-order valence-corrected chi connectivity index (χ3v) is 4.36. The number of furan rings is 1. The number of nitrogens with one attached hydrogen (secondary N) is 1. The second-order valence-electron chi connectivity index (χ2n) is 5.77. The molecule has 0 spiro atoms. The van der Waals surface area contributed by atoms with Crippen LogP contribution in [0, 0.1) is 0 Å². The summed E-state index contributed by atoms with van der Waals surface area (Å²) in [6.45, 7) is 1.90. The van der Waals surface area contributed by atoms with Crippen molar-refractivity contribution < 1.29 is 4.42 Å². The Morgan fingerprint density at radius 2 is 2.20 bits per heavy atom. The minimum absolute atomic E-state index is 0.337. The number of aromatic nitrogens is 2. The van der Waals surface area contributed by atoms with Crippen molar-refractivity contribution >= 4 is 22.9 Å². The van der Waals surface area contributed by atoms with Gasteiger partial charge in [0.2, 0.25) is 5.95 Å². The molecule has 0 radical (unpaired) electrons. The molecule has 2 aliphatic rings. The Balaban J connectivity index is 1.79. The molecule has 6 nitrogen and oxygen atoms in total. The molecule has 0 amide bonds. The van der Waals surface area contributed by atoms with Gasteiger partial charge < -0.3 is 20.4 Å². The molecule has 2 aromatic rings. The second-order valence-corrected chi connectivity index (χ2v) is 5.77. The Morgan fingerprint density at radius 1 is 1.35 bits per heavy atom. The highest BCUT2D eigenvalue weighted by Gasteiger charge is 2.31. The van der Waals surface area contributed by atoms with Crippen LogP contribution in [0.4, 0.5) is 11.8 Å². The molecule has 0 unspecified atom stereocenters. The van der Waals surface area contributed by atoms with Crippen molar-refractivity contribution in [1.82, 2.24) is 15.3 Å². The number of anilines is 2. The Bertz CT molecular complexity index is 648. The van der Waals surface area contributed by atoms with Gasteiger partial charge in [0.15, 0.2) is 11.4 Å². The Labute approximate surface area is 117 Å². The largest absolute Gasteiger partial charge is 0.458 e. The van der Waals surface area contributed by atoms with Gasteiger partial charge in [-0.2, -0.15) is 4.98 Å². The van der Waals surface area contributed by atoms with Crippen LogP contribution >= 0.6 is 0 Å². The van der Waals surface area contributed by atoms with Crippen molar-refractivity contribution in [3.63, 3.8) is 0 Å². The molecule has 6 heteroatoms. The highest BCUT2D eigenvalue weighted by Crippen LogP contribution is 2.44. The van der Waals surface area contributed by atoms with Crippen LogP contribution < -0.4 is 16.0 Å². The topological polar surface area (TPSA) is 80.2 Å². The molecule has 0 aromatic carbocycles. The van der Waals surface area contributed by atoms with E-state index in [-0.39, 0.29) is 0 Å². The quantitative estimate of drug-likeness (QED) is 0.881. The van der Waals surface area contributed by atoms with Crippen LogP contribution in [0.15, 0.2) is 10.7 Å². The zero-order valence-electron chi connectivity index (χ0n) is 11.6. The number of nitrogens with two attached hydrogens (primary N) is 1. The van der Waals surface area contributed by atoms with Crippen molar-refractivity contribution in [3.8, 4) is 0 Å². The molecule has 2 fully saturated rings. The summed E-state index contributed by atoms with van der Waals surface area (Å²) in [6, 6.07) is 0.499. The number of nitrogens with zero attached hydrogens (tertiary/aromatic N) is 3. The minimum atomic E-state index is 0.337. The van der Waals surface area contributed by atoms with Gasteiger partial charge >= 0.3 is 0 Å². The van der Waals surface area contributed by atoms with E-state index in [0.29, 0.717) is 17.9 Å². The summed E-state index contributed by atoms with van der Waals surface area (Å²) < 4.78 is 5.78. The van der Waals surface area contributed by atoms with E-state index in [4.69, 9.17) is 10.2 Å². The van der Waals surface area contributed by atoms with E-state index in [0.717, 1.165) is 36.4 Å². The maximum atomic E-state index is 5.90. The van der Waals surface area contributed by atoms with Crippen molar-refractivity contribution in [3.05, 3.63) is 11.8 Å². The third-order valence-electron chi connectivity index (χ3n) is 4.36. The number of nitrogen functional groups attached to an aromatic ring is 1. The minimum Gasteiger partial charge on any atom is -0.458 e. The molecule has 3 N–H and O–H groups in total. The van der Waals surface area contributed by atoms with Gasteiger partial charge in [0.1, 0.15) is 5.52 Å². The molecule has 0 bridgehead atoms. The Morgan fingerprint density at radius 3 is 2.90 bits per heavy atom. The van der Waals surface area contributed by atoms with E-state index in [9.17, 15) is 0 Å². The fraction of sp³-hybridized carbons (Fsp3) is 0.571. The summed E-state index contributed by atoms with van der Waals surface area (Å²) in [5, 5.41) is 3.31. The zero-order chi connectivity index (χ0) is 13.7. The lowest BCUT2D eigenvalue weighted by molar-refractivity contribution is 0.604. The van der Waals surface area contributed by atoms with E-state index >= 15 is 0 Å². The molecular weight excluding hydrogens is 254 g/mol. The van der Waals surface area contributed by atoms with Crippen LogP contribution in [-0.4, -0.2) is 36.1 Å². The fourth-order valence-corrected chi connectivity index (χ4v) is 3.02. The van der Waals surface area contributed by atoms with Gasteiger partial charge in [0.05, 0.1) is 6.26 Å². The average molecular weight is 273 g/mol. The molecule has 4 rings (SSSR count). The SMILES string of the molecule is CN[C@@H]1CCN(c2nc(N)nc3c(C4CC4)coc23)C1.